The van der Waals surface area contributed by atoms with E-state index in [4.69, 9.17) is 4.74 Å². The molecular weight excluding hydrogens is 387 g/mol. The van der Waals surface area contributed by atoms with Gasteiger partial charge in [0.1, 0.15) is 16.5 Å². The fraction of sp³-hybridized carbons (Fsp3) is 0.444. The molecular formula is C18H23FN4O4S. The van der Waals surface area contributed by atoms with E-state index in [2.05, 4.69) is 5.10 Å². The number of carbonyl (C=O) groups is 1. The molecule has 0 radical (unpaired) electrons. The van der Waals surface area contributed by atoms with Gasteiger partial charge in [-0.15, -0.1) is 0 Å². The number of piperazine rings is 1. The lowest BCUT2D eigenvalue weighted by atomic mass is 10.3. The molecule has 1 aromatic carbocycles. The fourth-order valence-electron chi connectivity index (χ4n) is 3.20. The lowest BCUT2D eigenvalue weighted by Crippen LogP contribution is -2.51. The summed E-state index contributed by atoms with van der Waals surface area (Å²) < 4.78 is 47.1. The van der Waals surface area contributed by atoms with Crippen molar-refractivity contribution >= 4 is 15.9 Å². The maximum absolute atomic E-state index is 13.0. The number of halogens is 1. The number of hydrogen-bond donors (Lipinski definition) is 0. The molecule has 1 aliphatic rings. The summed E-state index contributed by atoms with van der Waals surface area (Å²) in [6.45, 7) is 4.19. The normalized spacial score (nSPS) is 15.6. The van der Waals surface area contributed by atoms with Gasteiger partial charge >= 0.3 is 0 Å². The van der Waals surface area contributed by atoms with Gasteiger partial charge in [0.05, 0.1) is 11.4 Å². The van der Waals surface area contributed by atoms with Crippen LogP contribution in [0.5, 0.6) is 5.75 Å². The van der Waals surface area contributed by atoms with Gasteiger partial charge in [0.15, 0.2) is 6.61 Å². The van der Waals surface area contributed by atoms with Crippen molar-refractivity contribution in [1.29, 1.82) is 0 Å². The van der Waals surface area contributed by atoms with Crippen molar-refractivity contribution in [2.45, 2.75) is 18.7 Å². The van der Waals surface area contributed by atoms with Gasteiger partial charge in [0.25, 0.3) is 5.91 Å². The zero-order chi connectivity index (χ0) is 20.5. The molecule has 28 heavy (non-hydrogen) atoms. The third kappa shape index (κ3) is 4.02. The Morgan fingerprint density at radius 1 is 1.14 bits per heavy atom. The Bertz CT molecular complexity index is 964. The van der Waals surface area contributed by atoms with E-state index in [0.717, 1.165) is 0 Å². The van der Waals surface area contributed by atoms with E-state index in [1.54, 1.807) is 30.5 Å². The Hall–Kier alpha value is -2.46. The van der Waals surface area contributed by atoms with Crippen molar-refractivity contribution in [3.05, 3.63) is 41.5 Å². The highest BCUT2D eigenvalue weighted by molar-refractivity contribution is 7.89. The third-order valence-corrected chi connectivity index (χ3v) is 6.96. The standard InChI is InChI=1S/C18H23FN4O4S/c1-13-18(14(2)21(3)20-13)28(25,26)23-10-8-22(9-11-23)17(24)12-27-16-6-4-15(19)5-7-16/h4-7H,8-12H2,1-3H3. The summed E-state index contributed by atoms with van der Waals surface area (Å²) in [5.41, 5.74) is 1.05. The molecule has 3 rings (SSSR count). The highest BCUT2D eigenvalue weighted by atomic mass is 32.2. The minimum absolute atomic E-state index is 0.181. The van der Waals surface area contributed by atoms with E-state index in [1.165, 1.54) is 28.6 Å². The maximum Gasteiger partial charge on any atom is 0.260 e. The molecule has 1 amide bonds. The molecule has 0 bridgehead atoms. The smallest absolute Gasteiger partial charge is 0.260 e. The van der Waals surface area contributed by atoms with Gasteiger partial charge in [-0.05, 0) is 38.1 Å². The van der Waals surface area contributed by atoms with Gasteiger partial charge in [-0.3, -0.25) is 9.48 Å². The summed E-state index contributed by atoms with van der Waals surface area (Å²) in [7, 11) is -1.96. The number of hydrogen-bond acceptors (Lipinski definition) is 5. The number of sulfonamides is 1. The van der Waals surface area contributed by atoms with E-state index in [0.29, 0.717) is 17.1 Å². The molecule has 152 valence electrons. The van der Waals surface area contributed by atoms with Gasteiger partial charge < -0.3 is 9.64 Å². The van der Waals surface area contributed by atoms with Crippen LogP contribution in [0.25, 0.3) is 0 Å². The van der Waals surface area contributed by atoms with Crippen molar-refractivity contribution in [2.75, 3.05) is 32.8 Å². The first kappa shape index (κ1) is 20.3. The Morgan fingerprint density at radius 2 is 1.75 bits per heavy atom. The second kappa shape index (κ2) is 7.88. The Balaban J connectivity index is 1.59. The van der Waals surface area contributed by atoms with Gasteiger partial charge in [0, 0.05) is 33.2 Å². The highest BCUT2D eigenvalue weighted by Gasteiger charge is 2.33. The van der Waals surface area contributed by atoms with Crippen molar-refractivity contribution in [3.8, 4) is 5.75 Å². The second-order valence-corrected chi connectivity index (χ2v) is 8.53. The lowest BCUT2D eigenvalue weighted by Gasteiger charge is -2.34. The van der Waals surface area contributed by atoms with Crippen LogP contribution in [0.2, 0.25) is 0 Å². The number of nitrogens with zero attached hydrogens (tertiary/aromatic N) is 4. The van der Waals surface area contributed by atoms with Gasteiger partial charge in [0.2, 0.25) is 10.0 Å². The SMILES string of the molecule is Cc1nn(C)c(C)c1S(=O)(=O)N1CCN(C(=O)COc2ccc(F)cc2)CC1. The van der Waals surface area contributed by atoms with Crippen molar-refractivity contribution in [3.63, 3.8) is 0 Å². The van der Waals surface area contributed by atoms with Crippen LogP contribution in [-0.2, 0) is 21.9 Å². The molecule has 8 nitrogen and oxygen atoms in total. The number of ether oxygens (including phenoxy) is 1. The van der Waals surface area contributed by atoms with E-state index >= 15 is 0 Å². The summed E-state index contributed by atoms with van der Waals surface area (Å²) in [5.74, 6) is -0.219. The van der Waals surface area contributed by atoms with Crippen LogP contribution in [0.4, 0.5) is 4.39 Å². The average Bonchev–Trinajstić information content (AvgIpc) is 2.93. The van der Waals surface area contributed by atoms with Crippen LogP contribution < -0.4 is 4.74 Å². The number of aromatic nitrogens is 2. The summed E-state index contributed by atoms with van der Waals surface area (Å²) in [6.07, 6.45) is 0. The molecule has 0 saturated carbocycles. The predicted octanol–water partition coefficient (Wildman–Crippen LogP) is 1.09. The molecule has 2 aromatic rings. The summed E-state index contributed by atoms with van der Waals surface area (Å²) in [6, 6.07) is 5.41. The Morgan fingerprint density at radius 3 is 2.29 bits per heavy atom. The molecule has 0 N–H and O–H groups in total. The van der Waals surface area contributed by atoms with Crippen LogP contribution in [0.3, 0.4) is 0 Å². The first-order valence-electron chi connectivity index (χ1n) is 8.86. The first-order valence-corrected chi connectivity index (χ1v) is 10.3. The van der Waals surface area contributed by atoms with Gasteiger partial charge in [-0.1, -0.05) is 0 Å². The Labute approximate surface area is 163 Å². The monoisotopic (exact) mass is 410 g/mol. The van der Waals surface area contributed by atoms with Gasteiger partial charge in [-0.2, -0.15) is 9.40 Å². The fourth-order valence-corrected chi connectivity index (χ4v) is 5.02. The van der Waals surface area contributed by atoms with E-state index in [9.17, 15) is 17.6 Å². The van der Waals surface area contributed by atoms with Crippen LogP contribution in [0.1, 0.15) is 11.4 Å². The molecule has 10 heteroatoms. The van der Waals surface area contributed by atoms with E-state index < -0.39 is 10.0 Å². The van der Waals surface area contributed by atoms with Crippen molar-refractivity contribution in [1.82, 2.24) is 19.0 Å². The quantitative estimate of drug-likeness (QED) is 0.737. The van der Waals surface area contributed by atoms with E-state index in [1.807, 2.05) is 0 Å². The minimum Gasteiger partial charge on any atom is -0.484 e. The van der Waals surface area contributed by atoms with Crippen molar-refractivity contribution < 1.29 is 22.3 Å². The number of benzene rings is 1. The van der Waals surface area contributed by atoms with Crippen LogP contribution in [0, 0.1) is 19.7 Å². The average molecular weight is 410 g/mol. The third-order valence-electron chi connectivity index (χ3n) is 4.81. The highest BCUT2D eigenvalue weighted by Crippen LogP contribution is 2.24. The number of amides is 1. The maximum atomic E-state index is 13.0. The molecule has 0 spiro atoms. The van der Waals surface area contributed by atoms with Crippen LogP contribution >= 0.6 is 0 Å². The zero-order valence-electron chi connectivity index (χ0n) is 16.1. The van der Waals surface area contributed by atoms with Crippen molar-refractivity contribution in [2.24, 2.45) is 7.05 Å². The minimum atomic E-state index is -3.67. The molecule has 0 atom stereocenters. The predicted molar refractivity (Wildman–Crippen MR) is 99.9 cm³/mol. The number of aryl methyl sites for hydroxylation is 2. The molecule has 2 heterocycles. The summed E-state index contributed by atoms with van der Waals surface area (Å²) in [4.78, 5) is 14.1. The molecule has 1 saturated heterocycles. The van der Waals surface area contributed by atoms with Crippen LogP contribution in [-0.4, -0.2) is 66.1 Å². The molecule has 1 fully saturated rings. The molecule has 0 unspecified atom stereocenters. The van der Waals surface area contributed by atoms with Crippen LogP contribution in [0.15, 0.2) is 29.2 Å². The molecule has 0 aliphatic carbocycles. The lowest BCUT2D eigenvalue weighted by molar-refractivity contribution is -0.134. The van der Waals surface area contributed by atoms with E-state index in [-0.39, 0.29) is 49.4 Å². The first-order chi connectivity index (χ1) is 13.2. The largest absolute Gasteiger partial charge is 0.484 e. The Kier molecular flexibility index (Phi) is 5.71. The molecule has 1 aliphatic heterocycles. The zero-order valence-corrected chi connectivity index (χ0v) is 16.9. The molecule has 1 aromatic heterocycles. The second-order valence-electron chi connectivity index (χ2n) is 6.65. The topological polar surface area (TPSA) is 84.7 Å². The number of rotatable bonds is 5. The number of carbonyl (C=O) groups excluding carboxylic acids is 1. The summed E-state index contributed by atoms with van der Waals surface area (Å²) in [5, 5.41) is 4.18. The van der Waals surface area contributed by atoms with Gasteiger partial charge in [-0.25, -0.2) is 12.8 Å². The summed E-state index contributed by atoms with van der Waals surface area (Å²) >= 11 is 0.